The third-order valence-electron chi connectivity index (χ3n) is 2.11. The number of aliphatic carboxylic acids is 1. The van der Waals surface area contributed by atoms with Crippen LogP contribution in [0.4, 0.5) is 0 Å². The maximum atomic E-state index is 10.3. The lowest BCUT2D eigenvalue weighted by Gasteiger charge is -2.19. The Morgan fingerprint density at radius 3 is 2.83 bits per heavy atom. The molecule has 0 aromatic carbocycles. The molecule has 0 bridgehead atoms. The van der Waals surface area contributed by atoms with Crippen molar-refractivity contribution in [3.05, 3.63) is 0 Å². The van der Waals surface area contributed by atoms with Crippen molar-refractivity contribution in [2.24, 2.45) is 5.84 Å². The first-order chi connectivity index (χ1) is 5.65. The largest absolute Gasteiger partial charge is 0.481 e. The van der Waals surface area contributed by atoms with Gasteiger partial charge in [-0.3, -0.25) is 10.6 Å². The van der Waals surface area contributed by atoms with Gasteiger partial charge < -0.3 is 5.11 Å². The highest BCUT2D eigenvalue weighted by Crippen LogP contribution is 2.21. The summed E-state index contributed by atoms with van der Waals surface area (Å²) in [4.78, 5) is 10.3. The van der Waals surface area contributed by atoms with E-state index in [4.69, 9.17) is 16.2 Å². The molecule has 1 fully saturated rings. The summed E-state index contributed by atoms with van der Waals surface area (Å²) in [6, 6.07) is 1.54. The Balaban J connectivity index is 2.50. The molecule has 2 unspecified atom stereocenters. The van der Waals surface area contributed by atoms with E-state index in [0.29, 0.717) is 12.8 Å². The van der Waals surface area contributed by atoms with Gasteiger partial charge in [-0.05, 0) is 12.8 Å². The minimum absolute atomic E-state index is 0.0225. The lowest BCUT2D eigenvalue weighted by molar-refractivity contribution is -0.138. The van der Waals surface area contributed by atoms with Gasteiger partial charge in [-0.1, -0.05) is 0 Å². The predicted molar refractivity (Wildman–Crippen MR) is 40.7 cm³/mol. The number of carboxylic acids is 1. The van der Waals surface area contributed by atoms with Gasteiger partial charge in [0.1, 0.15) is 6.04 Å². The molecule has 0 aromatic heterocycles. The third kappa shape index (κ3) is 1.72. The molecule has 0 radical (unpaired) electrons. The number of nitrogens with two attached hydrogens (primary N) is 1. The molecule has 1 aliphatic rings. The Bertz CT molecular complexity index is 223. The van der Waals surface area contributed by atoms with Crippen molar-refractivity contribution in [2.45, 2.75) is 31.3 Å². The number of hydrazine groups is 1. The maximum Gasteiger partial charge on any atom is 0.304 e. The van der Waals surface area contributed by atoms with Gasteiger partial charge in [-0.25, -0.2) is 5.01 Å². The van der Waals surface area contributed by atoms with Crippen LogP contribution in [0, 0.1) is 11.3 Å². The number of nitriles is 1. The summed E-state index contributed by atoms with van der Waals surface area (Å²) in [7, 11) is 0. The van der Waals surface area contributed by atoms with Crippen LogP contribution in [0.2, 0.25) is 0 Å². The average molecular weight is 169 g/mol. The van der Waals surface area contributed by atoms with Gasteiger partial charge in [0, 0.05) is 6.04 Å². The molecule has 1 heterocycles. The van der Waals surface area contributed by atoms with Crippen LogP contribution in [0.5, 0.6) is 0 Å². The molecule has 1 rings (SSSR count). The molecule has 66 valence electrons. The van der Waals surface area contributed by atoms with Crippen molar-refractivity contribution in [3.8, 4) is 6.07 Å². The van der Waals surface area contributed by atoms with Crippen molar-refractivity contribution in [3.63, 3.8) is 0 Å². The minimum Gasteiger partial charge on any atom is -0.481 e. The van der Waals surface area contributed by atoms with Crippen LogP contribution < -0.4 is 5.84 Å². The molecule has 2 atom stereocenters. The van der Waals surface area contributed by atoms with Crippen molar-refractivity contribution >= 4 is 5.97 Å². The van der Waals surface area contributed by atoms with Gasteiger partial charge >= 0.3 is 5.97 Å². The zero-order chi connectivity index (χ0) is 9.14. The van der Waals surface area contributed by atoms with Gasteiger partial charge in [0.2, 0.25) is 0 Å². The summed E-state index contributed by atoms with van der Waals surface area (Å²) in [5, 5.41) is 18.4. The molecule has 0 amide bonds. The van der Waals surface area contributed by atoms with Crippen molar-refractivity contribution in [1.29, 1.82) is 5.26 Å². The van der Waals surface area contributed by atoms with Crippen LogP contribution in [0.3, 0.4) is 0 Å². The van der Waals surface area contributed by atoms with E-state index in [1.165, 1.54) is 5.01 Å². The zero-order valence-electron chi connectivity index (χ0n) is 6.60. The molecule has 1 saturated heterocycles. The Kier molecular flexibility index (Phi) is 2.63. The van der Waals surface area contributed by atoms with Crippen LogP contribution in [0.25, 0.3) is 0 Å². The summed E-state index contributed by atoms with van der Waals surface area (Å²) in [5.41, 5.74) is 0. The first-order valence-electron chi connectivity index (χ1n) is 3.79. The van der Waals surface area contributed by atoms with Gasteiger partial charge in [0.05, 0.1) is 12.5 Å². The van der Waals surface area contributed by atoms with E-state index in [-0.39, 0.29) is 18.5 Å². The Hall–Kier alpha value is -1.12. The van der Waals surface area contributed by atoms with Crippen LogP contribution in [0.1, 0.15) is 19.3 Å². The highest BCUT2D eigenvalue weighted by atomic mass is 16.4. The number of rotatable bonds is 2. The fraction of sp³-hybridized carbons (Fsp3) is 0.714. The van der Waals surface area contributed by atoms with E-state index >= 15 is 0 Å². The summed E-state index contributed by atoms with van der Waals surface area (Å²) in [5.74, 6) is 4.66. The van der Waals surface area contributed by atoms with Gasteiger partial charge in [-0.2, -0.15) is 5.26 Å². The number of hydrogen-bond acceptors (Lipinski definition) is 4. The van der Waals surface area contributed by atoms with Crippen LogP contribution in [-0.2, 0) is 4.79 Å². The third-order valence-corrected chi connectivity index (χ3v) is 2.11. The zero-order valence-corrected chi connectivity index (χ0v) is 6.60. The smallest absolute Gasteiger partial charge is 0.304 e. The fourth-order valence-electron chi connectivity index (χ4n) is 1.44. The molecule has 0 aromatic rings. The molecule has 5 nitrogen and oxygen atoms in total. The number of nitrogens with zero attached hydrogens (tertiary/aromatic N) is 2. The molecule has 0 spiro atoms. The SMILES string of the molecule is N#CC1CCC(CC(=O)O)N1N. The van der Waals surface area contributed by atoms with Gasteiger partial charge in [0.15, 0.2) is 0 Å². The quantitative estimate of drug-likeness (QED) is 0.553. The second-order valence-corrected chi connectivity index (χ2v) is 2.92. The van der Waals surface area contributed by atoms with Crippen molar-refractivity contribution in [2.75, 3.05) is 0 Å². The Morgan fingerprint density at radius 1 is 1.75 bits per heavy atom. The highest BCUT2D eigenvalue weighted by Gasteiger charge is 2.32. The van der Waals surface area contributed by atoms with Gasteiger partial charge in [0.25, 0.3) is 0 Å². The predicted octanol–water partition coefficient (Wildman–Crippen LogP) is -0.309. The maximum absolute atomic E-state index is 10.3. The first kappa shape index (κ1) is 8.97. The summed E-state index contributed by atoms with van der Waals surface area (Å²) < 4.78 is 0. The molecular weight excluding hydrogens is 158 g/mol. The summed E-state index contributed by atoms with van der Waals surface area (Å²) >= 11 is 0. The normalized spacial score (nSPS) is 30.0. The molecule has 1 aliphatic heterocycles. The van der Waals surface area contributed by atoms with E-state index in [9.17, 15) is 4.79 Å². The second kappa shape index (κ2) is 3.52. The molecule has 3 N–H and O–H groups in total. The molecule has 12 heavy (non-hydrogen) atoms. The average Bonchev–Trinajstić information content (AvgIpc) is 2.32. The lowest BCUT2D eigenvalue weighted by Crippen LogP contribution is -2.42. The highest BCUT2D eigenvalue weighted by molar-refractivity contribution is 5.67. The molecule has 0 aliphatic carbocycles. The van der Waals surface area contributed by atoms with E-state index in [2.05, 4.69) is 0 Å². The summed E-state index contributed by atoms with van der Waals surface area (Å²) in [6.07, 6.45) is 1.39. The number of carbonyl (C=O) groups is 1. The van der Waals surface area contributed by atoms with Crippen LogP contribution in [0.15, 0.2) is 0 Å². The van der Waals surface area contributed by atoms with Crippen molar-refractivity contribution < 1.29 is 9.90 Å². The first-order valence-corrected chi connectivity index (χ1v) is 3.79. The lowest BCUT2D eigenvalue weighted by atomic mass is 10.1. The second-order valence-electron chi connectivity index (χ2n) is 2.92. The topological polar surface area (TPSA) is 90.3 Å². The van der Waals surface area contributed by atoms with E-state index in [0.717, 1.165) is 0 Å². The fourth-order valence-corrected chi connectivity index (χ4v) is 1.44. The van der Waals surface area contributed by atoms with Crippen molar-refractivity contribution in [1.82, 2.24) is 5.01 Å². The van der Waals surface area contributed by atoms with E-state index in [1.807, 2.05) is 6.07 Å². The van der Waals surface area contributed by atoms with E-state index in [1.54, 1.807) is 0 Å². The summed E-state index contributed by atoms with van der Waals surface area (Å²) in [6.45, 7) is 0. The molecule has 5 heteroatoms. The van der Waals surface area contributed by atoms with Crippen LogP contribution in [-0.4, -0.2) is 28.2 Å². The minimum atomic E-state index is -0.867. The van der Waals surface area contributed by atoms with E-state index < -0.39 is 5.97 Å². The van der Waals surface area contributed by atoms with Crippen LogP contribution >= 0.6 is 0 Å². The Labute approximate surface area is 70.3 Å². The van der Waals surface area contributed by atoms with Gasteiger partial charge in [-0.15, -0.1) is 0 Å². The Morgan fingerprint density at radius 2 is 2.42 bits per heavy atom. The number of carboxylic acid groups (broad SMARTS) is 1. The standard InChI is InChI=1S/C7H11N3O2/c8-4-6-2-1-5(10(6)9)3-7(11)12/h5-6H,1-3,9H2,(H,11,12). The molecule has 0 saturated carbocycles. The number of hydrogen-bond donors (Lipinski definition) is 2. The molecular formula is C7H11N3O2. The monoisotopic (exact) mass is 169 g/mol.